The van der Waals surface area contributed by atoms with Crippen LogP contribution in [0.2, 0.25) is 0 Å². The highest BCUT2D eigenvalue weighted by Gasteiger charge is 2.13. The average Bonchev–Trinajstić information content (AvgIpc) is 2.54. The van der Waals surface area contributed by atoms with E-state index < -0.39 is 11.8 Å². The van der Waals surface area contributed by atoms with Crippen molar-refractivity contribution in [2.45, 2.75) is 0 Å². The number of benzene rings is 2. The van der Waals surface area contributed by atoms with Gasteiger partial charge < -0.3 is 10.2 Å². The third-order valence-corrected chi connectivity index (χ3v) is 3.86. The summed E-state index contributed by atoms with van der Waals surface area (Å²) in [5.74, 6) is -1.26. The van der Waals surface area contributed by atoms with Crippen LogP contribution in [0, 0.1) is 10.4 Å². The number of aliphatic hydroxyl groups excluding tert-OH is 2. The fourth-order valence-corrected chi connectivity index (χ4v) is 2.73. The van der Waals surface area contributed by atoms with Crippen LogP contribution in [0.4, 0.5) is 0 Å². The van der Waals surface area contributed by atoms with Crippen LogP contribution < -0.4 is 10.7 Å². The number of amides is 2. The summed E-state index contributed by atoms with van der Waals surface area (Å²) in [6, 6.07) is 10.3. The van der Waals surface area contributed by atoms with Crippen molar-refractivity contribution in [3.05, 3.63) is 80.8 Å². The Balaban J connectivity index is 2.04. The van der Waals surface area contributed by atoms with Gasteiger partial charge in [0.2, 0.25) is 0 Å². The zero-order chi connectivity index (χ0) is 16.8. The molecule has 0 spiro atoms. The lowest BCUT2D eigenvalue weighted by atomic mass is 10.0. The predicted molar refractivity (Wildman–Crippen MR) is 84.1 cm³/mol. The molecule has 2 aromatic carbocycles. The third-order valence-electron chi connectivity index (χ3n) is 3.86. The molecule has 116 valence electrons. The second kappa shape index (κ2) is 4.99. The van der Waals surface area contributed by atoms with Crippen molar-refractivity contribution in [3.8, 4) is 0 Å². The van der Waals surface area contributed by atoms with Crippen molar-refractivity contribution >= 4 is 23.3 Å². The van der Waals surface area contributed by atoms with Crippen molar-refractivity contribution in [1.29, 1.82) is 0 Å². The molecule has 0 bridgehead atoms. The maximum absolute atomic E-state index is 11.3. The molecule has 4 rings (SSSR count). The highest BCUT2D eigenvalue weighted by molar-refractivity contribution is 5.96. The Morgan fingerprint density at radius 2 is 1.08 bits per heavy atom. The summed E-state index contributed by atoms with van der Waals surface area (Å²) in [5, 5.41) is 22.2. The topological polar surface area (TPSA) is 99.3 Å². The van der Waals surface area contributed by atoms with Crippen LogP contribution in [0.3, 0.4) is 0 Å². The summed E-state index contributed by atoms with van der Waals surface area (Å²) in [6.45, 7) is 0. The molecule has 0 saturated carbocycles. The fourth-order valence-electron chi connectivity index (χ4n) is 2.73. The quantitative estimate of drug-likeness (QED) is 0.759. The van der Waals surface area contributed by atoms with Gasteiger partial charge in [0.25, 0.3) is 11.8 Å². The zero-order valence-corrected chi connectivity index (χ0v) is 12.2. The Morgan fingerprint density at radius 1 is 0.667 bits per heavy atom. The summed E-state index contributed by atoms with van der Waals surface area (Å²) >= 11 is 0. The number of hydrogen-bond donors (Lipinski definition) is 2. The van der Waals surface area contributed by atoms with Gasteiger partial charge in [-0.15, -0.1) is 0 Å². The Labute approximate surface area is 134 Å². The maximum atomic E-state index is 11.3. The lowest BCUT2D eigenvalue weighted by Gasteiger charge is -2.06. The van der Waals surface area contributed by atoms with Gasteiger partial charge in [-0.3, -0.25) is 9.59 Å². The minimum Gasteiger partial charge on any atom is -0.507 e. The summed E-state index contributed by atoms with van der Waals surface area (Å²) in [5.41, 5.74) is 0.925. The van der Waals surface area contributed by atoms with Crippen molar-refractivity contribution in [1.82, 2.24) is 0 Å². The van der Waals surface area contributed by atoms with Crippen LogP contribution in [0.5, 0.6) is 0 Å². The summed E-state index contributed by atoms with van der Waals surface area (Å²) < 4.78 is 0. The van der Waals surface area contributed by atoms with Gasteiger partial charge in [-0.05, 0) is 34.7 Å². The smallest absolute Gasteiger partial charge is 0.274 e. The summed E-state index contributed by atoms with van der Waals surface area (Å²) in [6.07, 6.45) is 2.13. The number of aliphatic hydroxyl groups is 2. The lowest BCUT2D eigenvalue weighted by molar-refractivity contribution is -0.114. The Bertz CT molecular complexity index is 1110. The molecule has 0 aliphatic carbocycles. The Kier molecular flexibility index (Phi) is 2.93. The number of rotatable bonds is 0. The van der Waals surface area contributed by atoms with Crippen LogP contribution in [-0.2, 0) is 9.59 Å². The largest absolute Gasteiger partial charge is 0.507 e. The Hall–Kier alpha value is -3.54. The van der Waals surface area contributed by atoms with Gasteiger partial charge >= 0.3 is 0 Å². The van der Waals surface area contributed by atoms with E-state index in [0.29, 0.717) is 21.8 Å². The van der Waals surface area contributed by atoms with Crippen molar-refractivity contribution in [2.75, 3.05) is 0 Å². The highest BCUT2D eigenvalue weighted by atomic mass is 16.3. The monoisotopic (exact) mass is 318 g/mol. The molecule has 0 aromatic heterocycles. The molecule has 2 N–H and O–H groups in total. The highest BCUT2D eigenvalue weighted by Crippen LogP contribution is 2.13. The fraction of sp³-hybridized carbons (Fsp3) is 0. The molecule has 6 heteroatoms. The molecule has 2 aromatic rings. The summed E-state index contributed by atoms with van der Waals surface area (Å²) in [7, 11) is 0. The molecule has 0 atom stereocenters. The molecule has 0 fully saturated rings. The second-order valence-corrected chi connectivity index (χ2v) is 5.42. The standard InChI is InChI=1S/C18H10N2O4/c21-15-7-17(23)19-13-3-1-9(5-11(13)15)10-2-4-14-12(6-10)16(22)8-18(24)20-14/h1-8,21-22H. The normalized spacial score (nSPS) is 17.0. The first-order chi connectivity index (χ1) is 11.5. The van der Waals surface area contributed by atoms with E-state index in [-0.39, 0.29) is 11.5 Å². The maximum Gasteiger partial charge on any atom is 0.274 e. The number of carbonyl (C=O) groups excluding carboxylic acids is 2. The first kappa shape index (κ1) is 14.1. The summed E-state index contributed by atoms with van der Waals surface area (Å²) in [4.78, 5) is 30.4. The minimum absolute atomic E-state index is 0.131. The van der Waals surface area contributed by atoms with Crippen LogP contribution in [0.15, 0.2) is 58.5 Å². The van der Waals surface area contributed by atoms with Gasteiger partial charge in [-0.2, -0.15) is 0 Å². The van der Waals surface area contributed by atoms with Gasteiger partial charge in [-0.1, -0.05) is 12.1 Å². The van der Waals surface area contributed by atoms with Crippen LogP contribution in [0.1, 0.15) is 11.1 Å². The van der Waals surface area contributed by atoms with Crippen LogP contribution in [-0.4, -0.2) is 22.0 Å². The first-order valence-corrected chi connectivity index (χ1v) is 7.13. The molecule has 2 amide bonds. The van der Waals surface area contributed by atoms with Crippen molar-refractivity contribution in [2.24, 2.45) is 9.98 Å². The Morgan fingerprint density at radius 3 is 1.50 bits per heavy atom. The number of carbonyl (C=O) groups is 2. The third kappa shape index (κ3) is 2.21. The van der Waals surface area contributed by atoms with Crippen LogP contribution >= 0.6 is 0 Å². The molecule has 0 saturated heterocycles. The molecule has 2 aliphatic rings. The zero-order valence-electron chi connectivity index (χ0n) is 12.2. The molecule has 0 unspecified atom stereocenters. The minimum atomic E-state index is -0.497. The van der Waals surface area contributed by atoms with E-state index in [1.54, 1.807) is 36.4 Å². The molecule has 24 heavy (non-hydrogen) atoms. The second-order valence-electron chi connectivity index (χ2n) is 5.42. The van der Waals surface area contributed by atoms with Crippen molar-refractivity contribution < 1.29 is 19.8 Å². The van der Waals surface area contributed by atoms with Gasteiger partial charge in [0, 0.05) is 23.3 Å². The lowest BCUT2D eigenvalue weighted by Crippen LogP contribution is -2.16. The molecule has 0 radical (unpaired) electrons. The molecule has 2 heterocycles. The number of nitrogens with zero attached hydrogens (tertiary/aromatic N) is 2. The van der Waals surface area contributed by atoms with E-state index >= 15 is 0 Å². The number of hydrogen-bond acceptors (Lipinski definition) is 4. The van der Waals surface area contributed by atoms with E-state index in [0.717, 1.165) is 22.6 Å². The number of fused-ring (bicyclic) bond motifs is 2. The molecule has 2 aliphatic heterocycles. The van der Waals surface area contributed by atoms with E-state index in [9.17, 15) is 19.8 Å². The van der Waals surface area contributed by atoms with Gasteiger partial charge in [0.05, 0.1) is 10.7 Å². The van der Waals surface area contributed by atoms with Crippen molar-refractivity contribution in [3.63, 3.8) is 0 Å². The SMILES string of the molecule is O=C1C=C(O)c2cc(=c3ccc4c(c3)C(O)=CC(=O)N=4)ccc2=N1. The molecular formula is C18H10N2O4. The van der Waals surface area contributed by atoms with Crippen LogP contribution in [0.25, 0.3) is 11.5 Å². The van der Waals surface area contributed by atoms with Gasteiger partial charge in [0.1, 0.15) is 11.5 Å². The van der Waals surface area contributed by atoms with Gasteiger partial charge in [-0.25, -0.2) is 9.98 Å². The van der Waals surface area contributed by atoms with E-state index in [2.05, 4.69) is 9.98 Å². The van der Waals surface area contributed by atoms with E-state index in [4.69, 9.17) is 0 Å². The predicted octanol–water partition coefficient (Wildman–Crippen LogP) is 1.09. The molecular weight excluding hydrogens is 308 g/mol. The van der Waals surface area contributed by atoms with E-state index in [1.165, 1.54) is 0 Å². The average molecular weight is 318 g/mol. The van der Waals surface area contributed by atoms with Gasteiger partial charge in [0.15, 0.2) is 0 Å². The first-order valence-electron chi connectivity index (χ1n) is 7.13. The van der Waals surface area contributed by atoms with E-state index in [1.807, 2.05) is 0 Å². The molecule has 6 nitrogen and oxygen atoms in total.